The van der Waals surface area contributed by atoms with Crippen molar-refractivity contribution in [2.24, 2.45) is 5.92 Å². The lowest BCUT2D eigenvalue weighted by molar-refractivity contribution is -0.0609. The first kappa shape index (κ1) is 13.1. The van der Waals surface area contributed by atoms with Gasteiger partial charge in [-0.05, 0) is 51.0 Å². The summed E-state index contributed by atoms with van der Waals surface area (Å²) in [6, 6.07) is 0.234. The Balaban J connectivity index is 1.79. The number of hydrogen-bond donors (Lipinski definition) is 1. The van der Waals surface area contributed by atoms with Gasteiger partial charge in [0.2, 0.25) is 11.7 Å². The van der Waals surface area contributed by atoms with Crippen molar-refractivity contribution in [3.63, 3.8) is 0 Å². The molecule has 2 fully saturated rings. The highest BCUT2D eigenvalue weighted by molar-refractivity contribution is 5.06. The summed E-state index contributed by atoms with van der Waals surface area (Å²) in [5.74, 6) is 2.24. The van der Waals surface area contributed by atoms with Crippen LogP contribution >= 0.6 is 0 Å². The molecule has 1 N–H and O–H groups in total. The van der Waals surface area contributed by atoms with E-state index in [1.807, 2.05) is 0 Å². The molecule has 0 unspecified atom stereocenters. The molecule has 2 heterocycles. The van der Waals surface area contributed by atoms with Crippen LogP contribution in [0.3, 0.4) is 0 Å². The number of nitrogens with one attached hydrogen (secondary N) is 1. The maximum Gasteiger partial charge on any atom is 0.243 e. The molecule has 5 heteroatoms. The molecule has 0 radical (unpaired) electrons. The molecule has 3 rings (SSSR count). The second-order valence-electron chi connectivity index (χ2n) is 5.99. The van der Waals surface area contributed by atoms with Gasteiger partial charge in [0.25, 0.3) is 0 Å². The summed E-state index contributed by atoms with van der Waals surface area (Å²) in [5, 5.41) is 7.59. The van der Waals surface area contributed by atoms with Crippen LogP contribution in [0, 0.1) is 5.92 Å². The van der Waals surface area contributed by atoms with Crippen molar-refractivity contribution >= 4 is 0 Å². The molecule has 0 bridgehead atoms. The third-order valence-corrected chi connectivity index (χ3v) is 4.68. The topological polar surface area (TPSA) is 60.2 Å². The van der Waals surface area contributed by atoms with E-state index in [1.165, 1.54) is 19.3 Å². The highest BCUT2D eigenvalue weighted by Crippen LogP contribution is 2.41. The van der Waals surface area contributed by atoms with Crippen LogP contribution in [0.25, 0.3) is 0 Å². The molecule has 19 heavy (non-hydrogen) atoms. The first-order valence-electron chi connectivity index (χ1n) is 7.36. The molecule has 1 saturated heterocycles. The van der Waals surface area contributed by atoms with Crippen LogP contribution < -0.4 is 5.32 Å². The molecule has 0 spiro atoms. The Morgan fingerprint density at radius 3 is 2.74 bits per heavy atom. The molecule has 106 valence electrons. The van der Waals surface area contributed by atoms with Crippen LogP contribution in [-0.4, -0.2) is 23.8 Å². The predicted molar refractivity (Wildman–Crippen MR) is 70.6 cm³/mol. The lowest BCUT2D eigenvalue weighted by Crippen LogP contribution is -2.34. The van der Waals surface area contributed by atoms with Crippen LogP contribution in [-0.2, 0) is 10.3 Å². The van der Waals surface area contributed by atoms with E-state index < -0.39 is 0 Å². The van der Waals surface area contributed by atoms with Crippen molar-refractivity contribution in [3.05, 3.63) is 11.7 Å². The zero-order valence-corrected chi connectivity index (χ0v) is 11.8. The second kappa shape index (κ2) is 5.21. The van der Waals surface area contributed by atoms with Crippen LogP contribution in [0.15, 0.2) is 4.52 Å². The van der Waals surface area contributed by atoms with Gasteiger partial charge in [0, 0.05) is 7.11 Å². The highest BCUT2D eigenvalue weighted by Gasteiger charge is 2.40. The van der Waals surface area contributed by atoms with Crippen LogP contribution in [0.5, 0.6) is 0 Å². The summed E-state index contributed by atoms with van der Waals surface area (Å²) >= 11 is 0. The van der Waals surface area contributed by atoms with Gasteiger partial charge < -0.3 is 14.6 Å². The molecule has 0 aromatic carbocycles. The zero-order chi connectivity index (χ0) is 13.3. The largest absolute Gasteiger partial charge is 0.370 e. The van der Waals surface area contributed by atoms with Crippen molar-refractivity contribution in [2.75, 3.05) is 13.7 Å². The average Bonchev–Trinajstić information content (AvgIpc) is 3.11. The fraction of sp³-hybridized carbons (Fsp3) is 0.857. The summed E-state index contributed by atoms with van der Waals surface area (Å²) in [6.45, 7) is 3.33. The minimum atomic E-state index is -0.327. The van der Waals surface area contributed by atoms with Gasteiger partial charge in [0.1, 0.15) is 5.60 Å². The lowest BCUT2D eigenvalue weighted by atomic mass is 9.79. The maximum atomic E-state index is 5.78. The minimum absolute atomic E-state index is 0.234. The smallest absolute Gasteiger partial charge is 0.243 e. The number of methoxy groups -OCH3 is 1. The maximum absolute atomic E-state index is 5.78. The van der Waals surface area contributed by atoms with Gasteiger partial charge in [-0.25, -0.2) is 0 Å². The number of rotatable bonds is 3. The van der Waals surface area contributed by atoms with Crippen molar-refractivity contribution in [2.45, 2.75) is 57.1 Å². The SMILES string of the molecule is COC1(c2noc([C@@H]3CCCN3)n2)CCC(C)CC1. The molecule has 1 saturated carbocycles. The summed E-state index contributed by atoms with van der Waals surface area (Å²) in [5.41, 5.74) is -0.327. The van der Waals surface area contributed by atoms with Crippen LogP contribution in [0.4, 0.5) is 0 Å². The monoisotopic (exact) mass is 265 g/mol. The van der Waals surface area contributed by atoms with Gasteiger partial charge in [0.05, 0.1) is 6.04 Å². The van der Waals surface area contributed by atoms with Gasteiger partial charge in [-0.3, -0.25) is 0 Å². The van der Waals surface area contributed by atoms with Gasteiger partial charge in [-0.1, -0.05) is 12.1 Å². The standard InChI is InChI=1S/C14H23N3O2/c1-10-5-7-14(18-2,8-6-10)13-16-12(19-17-13)11-4-3-9-15-11/h10-11,15H,3-9H2,1-2H3/t10?,11-,14?/m0/s1. The van der Waals surface area contributed by atoms with E-state index in [1.54, 1.807) is 7.11 Å². The average molecular weight is 265 g/mol. The Morgan fingerprint density at radius 1 is 1.32 bits per heavy atom. The number of ether oxygens (including phenoxy) is 1. The summed E-state index contributed by atoms with van der Waals surface area (Å²) in [6.07, 6.45) is 6.57. The fourth-order valence-corrected chi connectivity index (χ4v) is 3.20. The molecule has 1 aliphatic carbocycles. The van der Waals surface area contributed by atoms with E-state index in [0.29, 0.717) is 0 Å². The molecule has 1 aliphatic heterocycles. The molecule has 2 aliphatic rings. The van der Waals surface area contributed by atoms with Crippen molar-refractivity contribution in [1.82, 2.24) is 15.5 Å². The van der Waals surface area contributed by atoms with E-state index in [9.17, 15) is 0 Å². The Bertz CT molecular complexity index is 418. The molecular formula is C14H23N3O2. The predicted octanol–water partition coefficient (Wildman–Crippen LogP) is 2.55. The molecule has 5 nitrogen and oxygen atoms in total. The lowest BCUT2D eigenvalue weighted by Gasteiger charge is -2.35. The molecule has 1 aromatic rings. The quantitative estimate of drug-likeness (QED) is 0.910. The first-order valence-corrected chi connectivity index (χ1v) is 7.36. The number of hydrogen-bond acceptors (Lipinski definition) is 5. The molecule has 1 atom stereocenters. The molecular weight excluding hydrogens is 242 g/mol. The minimum Gasteiger partial charge on any atom is -0.370 e. The normalized spacial score (nSPS) is 35.7. The zero-order valence-electron chi connectivity index (χ0n) is 11.8. The Kier molecular flexibility index (Phi) is 3.58. The first-order chi connectivity index (χ1) is 9.23. The summed E-state index contributed by atoms with van der Waals surface area (Å²) in [4.78, 5) is 4.62. The van der Waals surface area contributed by atoms with E-state index in [2.05, 4.69) is 22.4 Å². The Hall–Kier alpha value is -0.940. The Labute approximate surface area is 114 Å². The van der Waals surface area contributed by atoms with Gasteiger partial charge in [-0.15, -0.1) is 0 Å². The van der Waals surface area contributed by atoms with Gasteiger partial charge in [0.15, 0.2) is 0 Å². The van der Waals surface area contributed by atoms with E-state index >= 15 is 0 Å². The number of aromatic nitrogens is 2. The van der Waals surface area contributed by atoms with Crippen LogP contribution in [0.1, 0.15) is 63.2 Å². The molecule has 0 amide bonds. The van der Waals surface area contributed by atoms with Crippen molar-refractivity contribution in [1.29, 1.82) is 0 Å². The van der Waals surface area contributed by atoms with E-state index in [-0.39, 0.29) is 11.6 Å². The van der Waals surface area contributed by atoms with Crippen LogP contribution in [0.2, 0.25) is 0 Å². The highest BCUT2D eigenvalue weighted by atomic mass is 16.5. The third kappa shape index (κ3) is 2.41. The fourth-order valence-electron chi connectivity index (χ4n) is 3.20. The van der Waals surface area contributed by atoms with Gasteiger partial charge >= 0.3 is 0 Å². The van der Waals surface area contributed by atoms with Crippen molar-refractivity contribution < 1.29 is 9.26 Å². The third-order valence-electron chi connectivity index (χ3n) is 4.68. The summed E-state index contributed by atoms with van der Waals surface area (Å²) in [7, 11) is 1.76. The van der Waals surface area contributed by atoms with Crippen molar-refractivity contribution in [3.8, 4) is 0 Å². The van der Waals surface area contributed by atoms with E-state index in [4.69, 9.17) is 9.26 Å². The second-order valence-corrected chi connectivity index (χ2v) is 5.99. The summed E-state index contributed by atoms with van der Waals surface area (Å²) < 4.78 is 11.2. The van der Waals surface area contributed by atoms with Gasteiger partial charge in [-0.2, -0.15) is 4.98 Å². The number of nitrogens with zero attached hydrogens (tertiary/aromatic N) is 2. The Morgan fingerprint density at radius 2 is 2.11 bits per heavy atom. The van der Waals surface area contributed by atoms with E-state index in [0.717, 1.165) is 43.4 Å². The molecule has 1 aromatic heterocycles.